The van der Waals surface area contributed by atoms with Gasteiger partial charge in [-0.05, 0) is 166 Å². The third kappa shape index (κ3) is 9.10. The average Bonchev–Trinajstić information content (AvgIpc) is 1.53. The van der Waals surface area contributed by atoms with Crippen LogP contribution < -0.4 is 0 Å². The minimum absolute atomic E-state index is 0.646. The molecule has 0 radical (unpaired) electrons. The van der Waals surface area contributed by atoms with Gasteiger partial charge in [0.1, 0.15) is 0 Å². The molecule has 2 aliphatic carbocycles. The van der Waals surface area contributed by atoms with Gasteiger partial charge < -0.3 is 0 Å². The van der Waals surface area contributed by atoms with Crippen molar-refractivity contribution in [1.82, 2.24) is 9.97 Å². The summed E-state index contributed by atoms with van der Waals surface area (Å²) < 4.78 is 0. The number of hydrogen-bond donors (Lipinski definition) is 0. The summed E-state index contributed by atoms with van der Waals surface area (Å²) in [6.07, 6.45) is 0. The zero-order chi connectivity index (χ0) is 61.0. The van der Waals surface area contributed by atoms with Crippen molar-refractivity contribution in [2.24, 2.45) is 0 Å². The Hall–Kier alpha value is -11.8. The molecule has 0 saturated heterocycles. The molecule has 15 aromatic rings. The minimum atomic E-state index is -0.646. The Morgan fingerprint density at radius 3 is 0.609 bits per heavy atom. The van der Waals surface area contributed by atoms with Gasteiger partial charge >= 0.3 is 0 Å². The zero-order valence-corrected chi connectivity index (χ0v) is 50.5. The smallest absolute Gasteiger partial charge is 0.0715 e. The van der Waals surface area contributed by atoms with Gasteiger partial charge in [-0.2, -0.15) is 0 Å². The standard InChI is InChI=1S/C90H60N2/c1-9-26-61(27-10-1)85-57-71(58-86(91-85)62-28-11-2-12-29-62)69-46-50-79-77-48-44-67(53-81(77)89(83(79)55-69,73-36-17-5-18-37-73)74-38-19-6-20-39-74)65-34-25-35-66(52-65)68-45-49-78-80-51-47-70(72-59-87(63-30-13-3-14-31-63)92-88(60-72)64-32-15-4-16-33-64)56-84(80)90(82(78)54-68,75-40-21-7-22-41-75)76-42-23-8-24-43-76/h1-60H. The monoisotopic (exact) mass is 1170 g/mol. The van der Waals surface area contributed by atoms with Crippen LogP contribution in [0.25, 0.3) is 112 Å². The zero-order valence-electron chi connectivity index (χ0n) is 50.5. The van der Waals surface area contributed by atoms with E-state index in [1.807, 2.05) is 0 Å². The third-order valence-corrected chi connectivity index (χ3v) is 19.2. The molecular weight excluding hydrogens is 1110 g/mol. The molecule has 0 amide bonds. The van der Waals surface area contributed by atoms with Gasteiger partial charge in [-0.3, -0.25) is 0 Å². The van der Waals surface area contributed by atoms with Gasteiger partial charge in [-0.1, -0.05) is 309 Å². The number of hydrogen-bond acceptors (Lipinski definition) is 2. The SMILES string of the molecule is c1ccc(-c2cc(-c3ccc4c(c3)C(c3ccccc3)(c3ccccc3)c3cc(-c5cccc(-c6ccc7c(c6)C(c6ccccc6)(c6ccccc6)c6cc(-c8cc(-c9ccccc9)nc(-c9ccccc9)c8)ccc6-7)c5)ccc3-4)cc(-c3ccccc3)n2)cc1. The van der Waals surface area contributed by atoms with Crippen molar-refractivity contribution < 1.29 is 0 Å². The Kier molecular flexibility index (Phi) is 13.4. The van der Waals surface area contributed by atoms with E-state index in [2.05, 4.69) is 364 Å². The number of fused-ring (bicyclic) bond motifs is 6. The van der Waals surface area contributed by atoms with E-state index in [-0.39, 0.29) is 0 Å². The molecule has 17 rings (SSSR count). The fourth-order valence-corrected chi connectivity index (χ4v) is 15.0. The highest BCUT2D eigenvalue weighted by Crippen LogP contribution is 2.60. The van der Waals surface area contributed by atoms with Crippen LogP contribution in [0.15, 0.2) is 364 Å². The van der Waals surface area contributed by atoms with Gasteiger partial charge in [0.05, 0.1) is 33.6 Å². The van der Waals surface area contributed by atoms with Crippen molar-refractivity contribution in [3.05, 3.63) is 408 Å². The molecule has 0 atom stereocenters. The summed E-state index contributed by atoms with van der Waals surface area (Å²) in [5.41, 5.74) is 30.8. The number of benzene rings is 13. The van der Waals surface area contributed by atoms with Gasteiger partial charge in [0.2, 0.25) is 0 Å². The number of aromatic nitrogens is 2. The van der Waals surface area contributed by atoms with E-state index in [9.17, 15) is 0 Å². The largest absolute Gasteiger partial charge is 0.248 e. The van der Waals surface area contributed by atoms with Crippen LogP contribution in [0.3, 0.4) is 0 Å². The molecule has 92 heavy (non-hydrogen) atoms. The molecule has 2 aliphatic rings. The molecule has 0 aliphatic heterocycles. The summed E-state index contributed by atoms with van der Waals surface area (Å²) in [5, 5.41) is 0. The van der Waals surface area contributed by atoms with Crippen molar-refractivity contribution in [3.8, 4) is 112 Å². The maximum absolute atomic E-state index is 5.28. The van der Waals surface area contributed by atoms with Crippen LogP contribution >= 0.6 is 0 Å². The summed E-state index contributed by atoms with van der Waals surface area (Å²) in [6, 6.07) is 134. The molecule has 2 heterocycles. The van der Waals surface area contributed by atoms with Crippen LogP contribution in [0.4, 0.5) is 0 Å². The van der Waals surface area contributed by atoms with Crippen LogP contribution in [0.1, 0.15) is 44.5 Å². The lowest BCUT2D eigenvalue weighted by molar-refractivity contribution is 0.769. The first-order chi connectivity index (χ1) is 45.6. The molecule has 430 valence electrons. The Bertz CT molecular complexity index is 4700. The summed E-state index contributed by atoms with van der Waals surface area (Å²) >= 11 is 0. The Balaban J connectivity index is 0.807. The maximum Gasteiger partial charge on any atom is 0.0715 e. The molecule has 2 nitrogen and oxygen atoms in total. The second-order valence-corrected chi connectivity index (χ2v) is 24.3. The van der Waals surface area contributed by atoms with Gasteiger partial charge in [-0.25, -0.2) is 9.97 Å². The quantitative estimate of drug-likeness (QED) is 0.122. The van der Waals surface area contributed by atoms with Gasteiger partial charge in [0, 0.05) is 22.3 Å². The van der Waals surface area contributed by atoms with E-state index in [0.717, 1.165) is 89.5 Å². The molecule has 13 aromatic carbocycles. The first-order valence-corrected chi connectivity index (χ1v) is 31.8. The fourth-order valence-electron chi connectivity index (χ4n) is 15.0. The average molecular weight is 1170 g/mol. The lowest BCUT2D eigenvalue weighted by Crippen LogP contribution is -2.28. The number of nitrogens with zero attached hydrogens (tertiary/aromatic N) is 2. The summed E-state index contributed by atoms with van der Waals surface area (Å²) in [5.74, 6) is 0. The molecule has 2 aromatic heterocycles. The van der Waals surface area contributed by atoms with E-state index >= 15 is 0 Å². The van der Waals surface area contributed by atoms with E-state index < -0.39 is 10.8 Å². The lowest BCUT2D eigenvalue weighted by Gasteiger charge is -2.34. The highest BCUT2D eigenvalue weighted by molar-refractivity contribution is 5.94. The van der Waals surface area contributed by atoms with E-state index in [1.54, 1.807) is 0 Å². The van der Waals surface area contributed by atoms with Crippen molar-refractivity contribution in [2.45, 2.75) is 10.8 Å². The van der Waals surface area contributed by atoms with Gasteiger partial charge in [0.15, 0.2) is 0 Å². The topological polar surface area (TPSA) is 25.8 Å². The fraction of sp³-hybridized carbons (Fsp3) is 0.0222. The van der Waals surface area contributed by atoms with Crippen LogP contribution in [0.2, 0.25) is 0 Å². The van der Waals surface area contributed by atoms with Crippen LogP contribution in [-0.2, 0) is 10.8 Å². The normalized spacial score (nSPS) is 13.0. The number of pyridine rings is 2. The van der Waals surface area contributed by atoms with Gasteiger partial charge in [0.25, 0.3) is 0 Å². The first-order valence-electron chi connectivity index (χ1n) is 31.8. The maximum atomic E-state index is 5.28. The number of rotatable bonds is 12. The Labute approximate surface area is 537 Å². The Morgan fingerprint density at radius 2 is 0.359 bits per heavy atom. The first kappa shape index (κ1) is 54.3. The predicted molar refractivity (Wildman–Crippen MR) is 380 cm³/mol. The lowest BCUT2D eigenvalue weighted by atomic mass is 9.67. The summed E-state index contributed by atoms with van der Waals surface area (Å²) in [6.45, 7) is 0. The molecule has 0 fully saturated rings. The molecular formula is C90H60N2. The van der Waals surface area contributed by atoms with E-state index in [0.29, 0.717) is 0 Å². The molecule has 0 spiro atoms. The molecule has 0 N–H and O–H groups in total. The van der Waals surface area contributed by atoms with Crippen molar-refractivity contribution in [2.75, 3.05) is 0 Å². The van der Waals surface area contributed by atoms with Crippen molar-refractivity contribution in [3.63, 3.8) is 0 Å². The minimum Gasteiger partial charge on any atom is -0.248 e. The van der Waals surface area contributed by atoms with Gasteiger partial charge in [-0.15, -0.1) is 0 Å². The molecule has 0 bridgehead atoms. The second-order valence-electron chi connectivity index (χ2n) is 24.3. The third-order valence-electron chi connectivity index (χ3n) is 19.2. The second kappa shape index (κ2) is 22.6. The van der Waals surface area contributed by atoms with Crippen LogP contribution in [0.5, 0.6) is 0 Å². The van der Waals surface area contributed by atoms with Crippen molar-refractivity contribution in [1.29, 1.82) is 0 Å². The van der Waals surface area contributed by atoms with Crippen LogP contribution in [-0.4, -0.2) is 9.97 Å². The highest BCUT2D eigenvalue weighted by atomic mass is 14.7. The molecule has 0 unspecified atom stereocenters. The predicted octanol–water partition coefficient (Wildman–Crippen LogP) is 22.5. The van der Waals surface area contributed by atoms with E-state index in [1.165, 1.54) is 66.8 Å². The molecule has 0 saturated carbocycles. The van der Waals surface area contributed by atoms with E-state index in [4.69, 9.17) is 9.97 Å². The molecule has 2 heteroatoms. The highest BCUT2D eigenvalue weighted by Gasteiger charge is 2.48. The van der Waals surface area contributed by atoms with Crippen molar-refractivity contribution >= 4 is 0 Å². The summed E-state index contributed by atoms with van der Waals surface area (Å²) in [7, 11) is 0. The Morgan fingerprint density at radius 1 is 0.152 bits per heavy atom. The van der Waals surface area contributed by atoms with Crippen LogP contribution in [0, 0.1) is 0 Å². The summed E-state index contributed by atoms with van der Waals surface area (Å²) in [4.78, 5) is 10.6.